The van der Waals surface area contributed by atoms with E-state index in [1.54, 1.807) is 0 Å². The summed E-state index contributed by atoms with van der Waals surface area (Å²) in [5, 5.41) is 0. The normalized spacial score (nSPS) is 30.0. The van der Waals surface area contributed by atoms with Gasteiger partial charge in [-0.25, -0.2) is 0 Å². The molecule has 0 aromatic rings. The van der Waals surface area contributed by atoms with Gasteiger partial charge in [-0.15, -0.1) is 0 Å². The molecule has 2 atom stereocenters. The maximum absolute atomic E-state index is 2.59. The third kappa shape index (κ3) is 2.46. The molecular formula is C12H25N. The molecule has 1 aliphatic rings. The summed E-state index contributed by atoms with van der Waals surface area (Å²) in [7, 11) is 2.30. The van der Waals surface area contributed by atoms with E-state index >= 15 is 0 Å². The predicted octanol–water partition coefficient (Wildman–Crippen LogP) is 3.30. The smallest absolute Gasteiger partial charge is 0.0150 e. The van der Waals surface area contributed by atoms with Crippen molar-refractivity contribution in [1.29, 1.82) is 0 Å². The summed E-state index contributed by atoms with van der Waals surface area (Å²) in [4.78, 5) is 2.59. The summed E-state index contributed by atoms with van der Waals surface area (Å²) in [5.41, 5.74) is 0.384. The number of hydrogen-bond acceptors (Lipinski definition) is 1. The topological polar surface area (TPSA) is 3.24 Å². The highest BCUT2D eigenvalue weighted by molar-refractivity contribution is 4.87. The Morgan fingerprint density at radius 3 is 2.31 bits per heavy atom. The summed E-state index contributed by atoms with van der Waals surface area (Å²) in [5.74, 6) is 0.945. The largest absolute Gasteiger partial charge is 0.298 e. The van der Waals surface area contributed by atoms with Gasteiger partial charge in [-0.2, -0.15) is 0 Å². The Morgan fingerprint density at radius 1 is 1.31 bits per heavy atom. The van der Waals surface area contributed by atoms with Gasteiger partial charge in [0.25, 0.3) is 0 Å². The highest BCUT2D eigenvalue weighted by atomic mass is 15.2. The number of nitrogens with zero attached hydrogens (tertiary/aromatic N) is 1. The van der Waals surface area contributed by atoms with Crippen molar-refractivity contribution < 1.29 is 0 Å². The molecule has 1 rings (SSSR count). The Labute approximate surface area is 83.5 Å². The monoisotopic (exact) mass is 183 g/mol. The molecule has 0 aliphatic heterocycles. The van der Waals surface area contributed by atoms with Crippen molar-refractivity contribution in [3.05, 3.63) is 0 Å². The second-order valence-electron chi connectivity index (χ2n) is 5.35. The lowest BCUT2D eigenvalue weighted by Gasteiger charge is -2.39. The third-order valence-corrected chi connectivity index (χ3v) is 4.03. The molecule has 0 radical (unpaired) electrons. The average Bonchev–Trinajstić information content (AvgIpc) is 2.50. The first-order chi connectivity index (χ1) is 5.97. The fourth-order valence-electron chi connectivity index (χ4n) is 2.27. The fraction of sp³-hybridized carbons (Fsp3) is 1.00. The van der Waals surface area contributed by atoms with Crippen LogP contribution in [0.25, 0.3) is 0 Å². The van der Waals surface area contributed by atoms with Gasteiger partial charge < -0.3 is 0 Å². The van der Waals surface area contributed by atoms with Crippen LogP contribution in [0.15, 0.2) is 0 Å². The van der Waals surface area contributed by atoms with Crippen LogP contribution >= 0.6 is 0 Å². The molecule has 0 heterocycles. The summed E-state index contributed by atoms with van der Waals surface area (Å²) in [6.07, 6.45) is 5.48. The Hall–Kier alpha value is -0.0400. The molecule has 0 N–H and O–H groups in total. The molecule has 0 amide bonds. The average molecular weight is 183 g/mol. The molecule has 0 aromatic carbocycles. The number of hydrogen-bond donors (Lipinski definition) is 0. The van der Waals surface area contributed by atoms with Crippen LogP contribution in [0.3, 0.4) is 0 Å². The molecule has 1 saturated carbocycles. The lowest BCUT2D eigenvalue weighted by Crippen LogP contribution is -2.46. The first kappa shape index (κ1) is 11.0. The minimum atomic E-state index is 0.384. The van der Waals surface area contributed by atoms with Crippen LogP contribution < -0.4 is 0 Å². The maximum atomic E-state index is 2.59. The van der Waals surface area contributed by atoms with Gasteiger partial charge in [0.15, 0.2) is 0 Å². The molecule has 1 heteroatoms. The van der Waals surface area contributed by atoms with E-state index in [0.29, 0.717) is 5.54 Å². The lowest BCUT2D eigenvalue weighted by atomic mass is 9.97. The SMILES string of the molecule is CCC(C)(C)N(C)C1CCC(C)C1. The molecule has 0 bridgehead atoms. The third-order valence-electron chi connectivity index (χ3n) is 4.03. The second kappa shape index (κ2) is 4.00. The van der Waals surface area contributed by atoms with Gasteiger partial charge in [0.2, 0.25) is 0 Å². The number of rotatable bonds is 3. The molecule has 78 valence electrons. The van der Waals surface area contributed by atoms with Crippen molar-refractivity contribution in [1.82, 2.24) is 4.90 Å². The minimum Gasteiger partial charge on any atom is -0.298 e. The van der Waals surface area contributed by atoms with E-state index in [-0.39, 0.29) is 0 Å². The van der Waals surface area contributed by atoms with E-state index in [9.17, 15) is 0 Å². The molecule has 0 spiro atoms. The van der Waals surface area contributed by atoms with Crippen LogP contribution in [0.1, 0.15) is 53.4 Å². The van der Waals surface area contributed by atoms with Crippen LogP contribution in [-0.4, -0.2) is 23.5 Å². The fourth-order valence-corrected chi connectivity index (χ4v) is 2.27. The maximum Gasteiger partial charge on any atom is 0.0150 e. The quantitative estimate of drug-likeness (QED) is 0.649. The molecule has 0 aromatic heterocycles. The van der Waals surface area contributed by atoms with Crippen LogP contribution in [0.5, 0.6) is 0 Å². The first-order valence-corrected chi connectivity index (χ1v) is 5.70. The minimum absolute atomic E-state index is 0.384. The van der Waals surface area contributed by atoms with Gasteiger partial charge in [0, 0.05) is 11.6 Å². The molecule has 0 saturated heterocycles. The highest BCUT2D eigenvalue weighted by Gasteiger charge is 2.31. The van der Waals surface area contributed by atoms with Crippen molar-refractivity contribution in [2.75, 3.05) is 7.05 Å². The zero-order chi connectivity index (χ0) is 10.1. The van der Waals surface area contributed by atoms with Crippen molar-refractivity contribution in [3.63, 3.8) is 0 Å². The molecule has 13 heavy (non-hydrogen) atoms. The van der Waals surface area contributed by atoms with E-state index in [0.717, 1.165) is 12.0 Å². The van der Waals surface area contributed by atoms with Gasteiger partial charge in [0.1, 0.15) is 0 Å². The molecule has 1 fully saturated rings. The van der Waals surface area contributed by atoms with Gasteiger partial charge in [-0.1, -0.05) is 13.8 Å². The molecule has 2 unspecified atom stereocenters. The van der Waals surface area contributed by atoms with Crippen LogP contribution in [0, 0.1) is 5.92 Å². The van der Waals surface area contributed by atoms with Gasteiger partial charge in [-0.05, 0) is 52.5 Å². The van der Waals surface area contributed by atoms with Crippen LogP contribution in [0.2, 0.25) is 0 Å². The Kier molecular flexibility index (Phi) is 3.39. The van der Waals surface area contributed by atoms with E-state index in [2.05, 4.69) is 39.6 Å². The Bertz CT molecular complexity index is 163. The molecule has 1 aliphatic carbocycles. The van der Waals surface area contributed by atoms with Gasteiger partial charge in [-0.3, -0.25) is 4.90 Å². The second-order valence-corrected chi connectivity index (χ2v) is 5.35. The highest BCUT2D eigenvalue weighted by Crippen LogP contribution is 2.32. The van der Waals surface area contributed by atoms with Crippen molar-refractivity contribution >= 4 is 0 Å². The van der Waals surface area contributed by atoms with Gasteiger partial charge in [0.05, 0.1) is 0 Å². The van der Waals surface area contributed by atoms with E-state index in [1.807, 2.05) is 0 Å². The Morgan fingerprint density at radius 2 is 1.92 bits per heavy atom. The summed E-state index contributed by atoms with van der Waals surface area (Å²) < 4.78 is 0. The Balaban J connectivity index is 2.52. The zero-order valence-corrected chi connectivity index (χ0v) is 9.93. The van der Waals surface area contributed by atoms with Crippen LogP contribution in [-0.2, 0) is 0 Å². The van der Waals surface area contributed by atoms with Crippen molar-refractivity contribution in [2.24, 2.45) is 5.92 Å². The van der Waals surface area contributed by atoms with Crippen molar-refractivity contribution in [2.45, 2.75) is 65.0 Å². The summed E-state index contributed by atoms with van der Waals surface area (Å²) >= 11 is 0. The van der Waals surface area contributed by atoms with E-state index in [4.69, 9.17) is 0 Å². The lowest BCUT2D eigenvalue weighted by molar-refractivity contribution is 0.0979. The van der Waals surface area contributed by atoms with Crippen molar-refractivity contribution in [3.8, 4) is 0 Å². The molecular weight excluding hydrogens is 158 g/mol. The van der Waals surface area contributed by atoms with Gasteiger partial charge >= 0.3 is 0 Å². The zero-order valence-electron chi connectivity index (χ0n) is 9.93. The predicted molar refractivity (Wildman–Crippen MR) is 58.9 cm³/mol. The standard InChI is InChI=1S/C12H25N/c1-6-12(3,4)13(5)11-8-7-10(2)9-11/h10-11H,6-9H2,1-5H3. The summed E-state index contributed by atoms with van der Waals surface area (Å²) in [6.45, 7) is 9.38. The first-order valence-electron chi connectivity index (χ1n) is 5.70. The molecule has 1 nitrogen and oxygen atoms in total. The summed E-state index contributed by atoms with van der Waals surface area (Å²) in [6, 6.07) is 0.838. The van der Waals surface area contributed by atoms with E-state index in [1.165, 1.54) is 25.7 Å². The van der Waals surface area contributed by atoms with E-state index < -0.39 is 0 Å². The van der Waals surface area contributed by atoms with Crippen LogP contribution in [0.4, 0.5) is 0 Å².